The van der Waals surface area contributed by atoms with Crippen LogP contribution in [0.3, 0.4) is 0 Å². The van der Waals surface area contributed by atoms with E-state index < -0.39 is 11.8 Å². The topological polar surface area (TPSA) is 137 Å². The third-order valence-electron chi connectivity index (χ3n) is 5.71. The molecule has 0 bridgehead atoms. The van der Waals surface area contributed by atoms with Crippen LogP contribution in [0.15, 0.2) is 47.6 Å². The first-order valence-electron chi connectivity index (χ1n) is 12.4. The Bertz CT molecular complexity index is 1100. The van der Waals surface area contributed by atoms with E-state index in [1.54, 1.807) is 44.6 Å². The Balaban J connectivity index is 1.30. The molecular weight excluding hydrogens is 492 g/mol. The van der Waals surface area contributed by atoms with Crippen molar-refractivity contribution in [3.8, 4) is 17.2 Å². The van der Waals surface area contributed by atoms with Crippen molar-refractivity contribution in [1.29, 1.82) is 0 Å². The SMILES string of the molecule is COc1ccc(CCNC(=O)CC(=O)N/N=C/c2ccc(OCC(=O)NC[C@H]3CCCO3)cc2)cc1OC. The van der Waals surface area contributed by atoms with E-state index >= 15 is 0 Å². The van der Waals surface area contributed by atoms with Crippen molar-refractivity contribution in [2.24, 2.45) is 5.10 Å². The standard InChI is InChI=1S/C27H34N4O7/c1-35-23-10-7-19(14-24(23)36-2)11-12-28-25(32)15-26(33)31-30-16-20-5-8-21(9-6-20)38-18-27(34)29-17-22-4-3-13-37-22/h5-10,14,16,22H,3-4,11-13,15,17-18H2,1-2H3,(H,28,32)(H,29,34)(H,31,33)/b30-16+/t22-/m1/s1. The van der Waals surface area contributed by atoms with Crippen LogP contribution >= 0.6 is 0 Å². The molecule has 0 aliphatic carbocycles. The molecule has 0 spiro atoms. The molecule has 1 heterocycles. The maximum absolute atomic E-state index is 12.0. The summed E-state index contributed by atoms with van der Waals surface area (Å²) < 4.78 is 21.4. The third kappa shape index (κ3) is 9.74. The van der Waals surface area contributed by atoms with E-state index in [4.69, 9.17) is 18.9 Å². The summed E-state index contributed by atoms with van der Waals surface area (Å²) in [5, 5.41) is 9.39. The van der Waals surface area contributed by atoms with Crippen molar-refractivity contribution >= 4 is 23.9 Å². The van der Waals surface area contributed by atoms with Gasteiger partial charge in [-0.05, 0) is 66.8 Å². The van der Waals surface area contributed by atoms with E-state index in [9.17, 15) is 14.4 Å². The Labute approximate surface area is 221 Å². The number of methoxy groups -OCH3 is 2. The van der Waals surface area contributed by atoms with Crippen molar-refractivity contribution in [3.05, 3.63) is 53.6 Å². The molecule has 0 radical (unpaired) electrons. The van der Waals surface area contributed by atoms with Gasteiger partial charge in [-0.1, -0.05) is 6.07 Å². The molecule has 204 valence electrons. The molecule has 1 atom stereocenters. The van der Waals surface area contributed by atoms with Crippen molar-refractivity contribution in [3.63, 3.8) is 0 Å². The smallest absolute Gasteiger partial charge is 0.258 e. The van der Waals surface area contributed by atoms with Gasteiger partial charge in [-0.15, -0.1) is 0 Å². The quantitative estimate of drug-likeness (QED) is 0.193. The van der Waals surface area contributed by atoms with Gasteiger partial charge in [0, 0.05) is 19.7 Å². The number of hydrogen-bond acceptors (Lipinski definition) is 8. The van der Waals surface area contributed by atoms with E-state index in [0.717, 1.165) is 25.0 Å². The van der Waals surface area contributed by atoms with Crippen LogP contribution in [0.1, 0.15) is 30.4 Å². The molecular formula is C27H34N4O7. The molecule has 2 aromatic rings. The van der Waals surface area contributed by atoms with Crippen LogP contribution in [-0.4, -0.2) is 70.6 Å². The highest BCUT2D eigenvalue weighted by atomic mass is 16.5. The molecule has 0 saturated carbocycles. The van der Waals surface area contributed by atoms with E-state index in [2.05, 4.69) is 21.2 Å². The molecule has 38 heavy (non-hydrogen) atoms. The highest BCUT2D eigenvalue weighted by Crippen LogP contribution is 2.27. The predicted molar refractivity (Wildman–Crippen MR) is 141 cm³/mol. The van der Waals surface area contributed by atoms with Gasteiger partial charge in [0.05, 0.1) is 26.5 Å². The molecule has 11 heteroatoms. The summed E-state index contributed by atoms with van der Waals surface area (Å²) in [5.74, 6) is 0.635. The van der Waals surface area contributed by atoms with Crippen LogP contribution in [0.2, 0.25) is 0 Å². The molecule has 1 aliphatic rings. The van der Waals surface area contributed by atoms with Gasteiger partial charge < -0.3 is 29.6 Å². The Morgan fingerprint density at radius 2 is 1.79 bits per heavy atom. The van der Waals surface area contributed by atoms with Gasteiger partial charge in [0.25, 0.3) is 5.91 Å². The normalized spacial score (nSPS) is 14.6. The van der Waals surface area contributed by atoms with Crippen molar-refractivity contribution in [2.75, 3.05) is 40.5 Å². The van der Waals surface area contributed by atoms with Crippen LogP contribution in [0.4, 0.5) is 0 Å². The van der Waals surface area contributed by atoms with Gasteiger partial charge in [-0.2, -0.15) is 5.10 Å². The molecule has 11 nitrogen and oxygen atoms in total. The fraction of sp³-hybridized carbons (Fsp3) is 0.407. The Hall–Kier alpha value is -4.12. The molecule has 1 saturated heterocycles. The summed E-state index contributed by atoms with van der Waals surface area (Å²) in [4.78, 5) is 35.9. The van der Waals surface area contributed by atoms with Crippen LogP contribution in [-0.2, 0) is 25.5 Å². The van der Waals surface area contributed by atoms with Crippen molar-refractivity contribution in [2.45, 2.75) is 31.8 Å². The lowest BCUT2D eigenvalue weighted by Crippen LogP contribution is -2.35. The van der Waals surface area contributed by atoms with Crippen LogP contribution in [0.5, 0.6) is 17.2 Å². The Kier molecular flexibility index (Phi) is 11.4. The minimum Gasteiger partial charge on any atom is -0.493 e. The van der Waals surface area contributed by atoms with E-state index in [-0.39, 0.29) is 25.0 Å². The van der Waals surface area contributed by atoms with E-state index in [1.807, 2.05) is 12.1 Å². The number of carbonyl (C=O) groups excluding carboxylic acids is 3. The van der Waals surface area contributed by atoms with Crippen molar-refractivity contribution in [1.82, 2.24) is 16.1 Å². The van der Waals surface area contributed by atoms with Gasteiger partial charge >= 0.3 is 0 Å². The average Bonchev–Trinajstić information content (AvgIpc) is 3.45. The fourth-order valence-electron chi connectivity index (χ4n) is 3.69. The maximum atomic E-state index is 12.0. The first-order chi connectivity index (χ1) is 18.5. The summed E-state index contributed by atoms with van der Waals surface area (Å²) in [6.07, 6.45) is 3.75. The fourth-order valence-corrected chi connectivity index (χ4v) is 3.69. The zero-order valence-corrected chi connectivity index (χ0v) is 21.7. The number of nitrogens with one attached hydrogen (secondary N) is 3. The summed E-state index contributed by atoms with van der Waals surface area (Å²) in [6, 6.07) is 12.4. The Morgan fingerprint density at radius 3 is 2.50 bits per heavy atom. The lowest BCUT2D eigenvalue weighted by Gasteiger charge is -2.11. The number of hydrazone groups is 1. The second kappa shape index (κ2) is 15.2. The lowest BCUT2D eigenvalue weighted by atomic mass is 10.1. The largest absolute Gasteiger partial charge is 0.493 e. The number of nitrogens with zero attached hydrogens (tertiary/aromatic N) is 1. The monoisotopic (exact) mass is 526 g/mol. The lowest BCUT2D eigenvalue weighted by molar-refractivity contribution is -0.129. The summed E-state index contributed by atoms with van der Waals surface area (Å²) in [7, 11) is 3.13. The van der Waals surface area contributed by atoms with Crippen LogP contribution in [0.25, 0.3) is 0 Å². The number of rotatable bonds is 14. The second-order valence-electron chi connectivity index (χ2n) is 8.56. The summed E-state index contributed by atoms with van der Waals surface area (Å²) >= 11 is 0. The maximum Gasteiger partial charge on any atom is 0.258 e. The van der Waals surface area contributed by atoms with Crippen LogP contribution < -0.4 is 30.3 Å². The summed E-state index contributed by atoms with van der Waals surface area (Å²) in [5.41, 5.74) is 4.01. The molecule has 1 aliphatic heterocycles. The molecule has 3 rings (SSSR count). The minimum atomic E-state index is -0.529. The highest BCUT2D eigenvalue weighted by molar-refractivity contribution is 5.97. The van der Waals surface area contributed by atoms with Gasteiger partial charge in [0.1, 0.15) is 12.2 Å². The van der Waals surface area contributed by atoms with E-state index in [0.29, 0.717) is 42.3 Å². The molecule has 0 unspecified atom stereocenters. The number of carbonyl (C=O) groups is 3. The molecule has 3 N–H and O–H groups in total. The first kappa shape index (κ1) is 28.5. The minimum absolute atomic E-state index is 0.0857. The molecule has 0 aromatic heterocycles. The first-order valence-corrected chi connectivity index (χ1v) is 12.4. The van der Waals surface area contributed by atoms with Gasteiger partial charge in [0.15, 0.2) is 18.1 Å². The zero-order chi connectivity index (χ0) is 27.2. The van der Waals surface area contributed by atoms with Crippen molar-refractivity contribution < 1.29 is 33.3 Å². The Morgan fingerprint density at radius 1 is 1.00 bits per heavy atom. The summed E-state index contributed by atoms with van der Waals surface area (Å²) in [6.45, 7) is 1.52. The predicted octanol–water partition coefficient (Wildman–Crippen LogP) is 1.58. The van der Waals surface area contributed by atoms with Crippen LogP contribution in [0, 0.1) is 0 Å². The molecule has 2 aromatic carbocycles. The zero-order valence-electron chi connectivity index (χ0n) is 21.7. The number of hydrogen-bond donors (Lipinski definition) is 3. The third-order valence-corrected chi connectivity index (χ3v) is 5.71. The van der Waals surface area contributed by atoms with Gasteiger partial charge in [-0.25, -0.2) is 5.43 Å². The number of ether oxygens (including phenoxy) is 4. The van der Waals surface area contributed by atoms with Gasteiger partial charge in [0.2, 0.25) is 11.8 Å². The second-order valence-corrected chi connectivity index (χ2v) is 8.56. The average molecular weight is 527 g/mol. The number of amides is 3. The molecule has 3 amide bonds. The van der Waals surface area contributed by atoms with E-state index in [1.165, 1.54) is 6.21 Å². The highest BCUT2D eigenvalue weighted by Gasteiger charge is 2.16. The number of benzene rings is 2. The van der Waals surface area contributed by atoms with Gasteiger partial charge in [-0.3, -0.25) is 14.4 Å². The molecule has 1 fully saturated rings.